The number of likely N-dealkylation sites (tertiary alicyclic amines) is 2. The number of pyridine rings is 1. The van der Waals surface area contributed by atoms with Crippen molar-refractivity contribution in [1.82, 2.24) is 14.8 Å². The number of hydrogen-bond donors (Lipinski definition) is 0. The van der Waals surface area contributed by atoms with Crippen LogP contribution in [0.3, 0.4) is 0 Å². The smallest absolute Gasteiger partial charge is 0.0312 e. The van der Waals surface area contributed by atoms with Crippen molar-refractivity contribution in [2.75, 3.05) is 26.2 Å². The van der Waals surface area contributed by atoms with Gasteiger partial charge in [-0.05, 0) is 56.9 Å². The molecule has 3 heterocycles. The van der Waals surface area contributed by atoms with Crippen LogP contribution < -0.4 is 0 Å². The molecular formula is C16H25N3. The predicted molar refractivity (Wildman–Crippen MR) is 78.0 cm³/mol. The van der Waals surface area contributed by atoms with Crippen LogP contribution in [-0.4, -0.2) is 47.0 Å². The highest BCUT2D eigenvalue weighted by Crippen LogP contribution is 2.22. The van der Waals surface area contributed by atoms with Gasteiger partial charge in [0, 0.05) is 31.5 Å². The van der Waals surface area contributed by atoms with E-state index < -0.39 is 0 Å². The van der Waals surface area contributed by atoms with E-state index in [-0.39, 0.29) is 0 Å². The summed E-state index contributed by atoms with van der Waals surface area (Å²) < 4.78 is 0. The van der Waals surface area contributed by atoms with Gasteiger partial charge in [-0.15, -0.1) is 0 Å². The Morgan fingerprint density at radius 2 is 2.00 bits per heavy atom. The first-order chi connectivity index (χ1) is 9.42. The van der Waals surface area contributed by atoms with Crippen LogP contribution in [0.1, 0.15) is 37.7 Å². The average Bonchev–Trinajstić information content (AvgIpc) is 2.88. The number of piperidine rings is 1. The fourth-order valence-corrected chi connectivity index (χ4v) is 3.48. The monoisotopic (exact) mass is 259 g/mol. The highest BCUT2D eigenvalue weighted by molar-refractivity contribution is 5.08. The van der Waals surface area contributed by atoms with Crippen molar-refractivity contribution in [3.8, 4) is 0 Å². The highest BCUT2D eigenvalue weighted by atomic mass is 15.2. The lowest BCUT2D eigenvalue weighted by atomic mass is 10.1. The molecule has 1 aromatic heterocycles. The van der Waals surface area contributed by atoms with Crippen molar-refractivity contribution >= 4 is 0 Å². The van der Waals surface area contributed by atoms with Gasteiger partial charge in [0.1, 0.15) is 0 Å². The molecule has 0 radical (unpaired) electrons. The first-order valence-electron chi connectivity index (χ1n) is 7.77. The van der Waals surface area contributed by atoms with E-state index in [1.807, 2.05) is 18.5 Å². The summed E-state index contributed by atoms with van der Waals surface area (Å²) in [6.45, 7) is 6.24. The normalized spacial score (nSPS) is 25.8. The largest absolute Gasteiger partial charge is 0.302 e. The number of nitrogens with zero attached hydrogens (tertiary/aromatic N) is 3. The van der Waals surface area contributed by atoms with Crippen LogP contribution in [0.2, 0.25) is 0 Å². The Balaban J connectivity index is 1.55. The van der Waals surface area contributed by atoms with Gasteiger partial charge in [0.2, 0.25) is 0 Å². The average molecular weight is 259 g/mol. The fourth-order valence-electron chi connectivity index (χ4n) is 3.48. The van der Waals surface area contributed by atoms with E-state index in [0.29, 0.717) is 0 Å². The van der Waals surface area contributed by atoms with Crippen molar-refractivity contribution in [2.45, 2.75) is 44.7 Å². The fraction of sp³-hybridized carbons (Fsp3) is 0.688. The molecule has 0 spiro atoms. The standard InChI is InChI=1S/C16H25N3/c1-2-9-18(10-3-1)14-16-7-5-11-19(16)13-15-6-4-8-17-12-15/h4,6,8,12,16H,1-3,5,7,9-11,13-14H2/t16-/m0/s1. The summed E-state index contributed by atoms with van der Waals surface area (Å²) in [5, 5.41) is 0. The lowest BCUT2D eigenvalue weighted by Crippen LogP contribution is -2.42. The predicted octanol–water partition coefficient (Wildman–Crippen LogP) is 2.53. The zero-order chi connectivity index (χ0) is 12.9. The third kappa shape index (κ3) is 3.54. The van der Waals surface area contributed by atoms with Gasteiger partial charge in [0.25, 0.3) is 0 Å². The molecule has 3 rings (SSSR count). The van der Waals surface area contributed by atoms with E-state index in [4.69, 9.17) is 0 Å². The maximum absolute atomic E-state index is 4.23. The van der Waals surface area contributed by atoms with E-state index in [1.54, 1.807) is 0 Å². The maximum atomic E-state index is 4.23. The summed E-state index contributed by atoms with van der Waals surface area (Å²) in [7, 11) is 0. The second kappa shape index (κ2) is 6.49. The van der Waals surface area contributed by atoms with E-state index in [9.17, 15) is 0 Å². The molecule has 3 nitrogen and oxygen atoms in total. The van der Waals surface area contributed by atoms with E-state index >= 15 is 0 Å². The molecule has 0 amide bonds. The second-order valence-corrected chi connectivity index (χ2v) is 5.99. The molecular weight excluding hydrogens is 234 g/mol. The lowest BCUT2D eigenvalue weighted by Gasteiger charge is -2.33. The summed E-state index contributed by atoms with van der Waals surface area (Å²) in [5.41, 5.74) is 1.35. The zero-order valence-corrected chi connectivity index (χ0v) is 11.8. The van der Waals surface area contributed by atoms with E-state index in [2.05, 4.69) is 20.9 Å². The van der Waals surface area contributed by atoms with E-state index in [1.165, 1.54) is 63.8 Å². The summed E-state index contributed by atoms with van der Waals surface area (Å²) in [5.74, 6) is 0. The third-order valence-corrected chi connectivity index (χ3v) is 4.53. The van der Waals surface area contributed by atoms with Crippen molar-refractivity contribution < 1.29 is 0 Å². The number of aromatic nitrogens is 1. The van der Waals surface area contributed by atoms with Gasteiger partial charge in [-0.25, -0.2) is 0 Å². The van der Waals surface area contributed by atoms with Crippen molar-refractivity contribution in [3.05, 3.63) is 30.1 Å². The molecule has 0 aliphatic carbocycles. The van der Waals surface area contributed by atoms with Gasteiger partial charge in [0.05, 0.1) is 0 Å². The Labute approximate surface area is 116 Å². The second-order valence-electron chi connectivity index (χ2n) is 5.99. The molecule has 0 unspecified atom stereocenters. The lowest BCUT2D eigenvalue weighted by molar-refractivity contribution is 0.149. The van der Waals surface area contributed by atoms with Gasteiger partial charge in [-0.1, -0.05) is 12.5 Å². The summed E-state index contributed by atoms with van der Waals surface area (Å²) in [6.07, 6.45) is 10.8. The summed E-state index contributed by atoms with van der Waals surface area (Å²) in [4.78, 5) is 9.57. The highest BCUT2D eigenvalue weighted by Gasteiger charge is 2.26. The first kappa shape index (κ1) is 13.1. The Morgan fingerprint density at radius 1 is 1.11 bits per heavy atom. The first-order valence-corrected chi connectivity index (χ1v) is 7.77. The van der Waals surface area contributed by atoms with Crippen LogP contribution in [0.25, 0.3) is 0 Å². The van der Waals surface area contributed by atoms with Crippen LogP contribution in [0, 0.1) is 0 Å². The van der Waals surface area contributed by atoms with Crippen LogP contribution in [0.15, 0.2) is 24.5 Å². The number of rotatable bonds is 4. The molecule has 2 saturated heterocycles. The molecule has 3 heteroatoms. The van der Waals surface area contributed by atoms with Gasteiger partial charge < -0.3 is 4.90 Å². The minimum atomic E-state index is 0.762. The van der Waals surface area contributed by atoms with Crippen LogP contribution in [0.4, 0.5) is 0 Å². The Kier molecular flexibility index (Phi) is 4.46. The molecule has 19 heavy (non-hydrogen) atoms. The van der Waals surface area contributed by atoms with Crippen LogP contribution in [0.5, 0.6) is 0 Å². The zero-order valence-electron chi connectivity index (χ0n) is 11.8. The molecule has 0 saturated carbocycles. The number of hydrogen-bond acceptors (Lipinski definition) is 3. The molecule has 2 aliphatic rings. The molecule has 1 aromatic rings. The van der Waals surface area contributed by atoms with Crippen LogP contribution >= 0.6 is 0 Å². The van der Waals surface area contributed by atoms with Gasteiger partial charge in [0.15, 0.2) is 0 Å². The van der Waals surface area contributed by atoms with Crippen LogP contribution in [-0.2, 0) is 6.54 Å². The summed E-state index contributed by atoms with van der Waals surface area (Å²) >= 11 is 0. The minimum Gasteiger partial charge on any atom is -0.302 e. The molecule has 104 valence electrons. The molecule has 2 aliphatic heterocycles. The third-order valence-electron chi connectivity index (χ3n) is 4.53. The Hall–Kier alpha value is -0.930. The molecule has 1 atom stereocenters. The van der Waals surface area contributed by atoms with Crippen molar-refractivity contribution in [1.29, 1.82) is 0 Å². The topological polar surface area (TPSA) is 19.4 Å². The van der Waals surface area contributed by atoms with Gasteiger partial charge in [-0.2, -0.15) is 0 Å². The molecule has 2 fully saturated rings. The molecule has 0 aromatic carbocycles. The quantitative estimate of drug-likeness (QED) is 0.828. The Bertz CT molecular complexity index is 373. The minimum absolute atomic E-state index is 0.762. The van der Waals surface area contributed by atoms with E-state index in [0.717, 1.165) is 12.6 Å². The van der Waals surface area contributed by atoms with Crippen molar-refractivity contribution in [3.63, 3.8) is 0 Å². The molecule has 0 N–H and O–H groups in total. The Morgan fingerprint density at radius 3 is 2.79 bits per heavy atom. The summed E-state index contributed by atoms with van der Waals surface area (Å²) in [6, 6.07) is 5.01. The maximum Gasteiger partial charge on any atom is 0.0312 e. The SMILES string of the molecule is c1cncc(CN2CCC[C@H]2CN2CCCCC2)c1. The van der Waals surface area contributed by atoms with Gasteiger partial charge >= 0.3 is 0 Å². The van der Waals surface area contributed by atoms with Gasteiger partial charge in [-0.3, -0.25) is 9.88 Å². The molecule has 0 bridgehead atoms. The van der Waals surface area contributed by atoms with Crippen molar-refractivity contribution in [2.24, 2.45) is 0 Å².